The molecule has 0 radical (unpaired) electrons. The van der Waals surface area contributed by atoms with Gasteiger partial charge in [0.1, 0.15) is 0 Å². The standard InChI is InChI=1S/C7HCl6F3N2O2/c8-6(9,10)19-3-1-2(5(14,15)16)17-4(18-3)20-7(11,12)13/h1H. The van der Waals surface area contributed by atoms with Gasteiger partial charge in [0.25, 0.3) is 0 Å². The van der Waals surface area contributed by atoms with Crippen molar-refractivity contribution in [1.82, 2.24) is 9.97 Å². The first-order valence-corrected chi connectivity index (χ1v) is 6.51. The molecule has 0 saturated heterocycles. The molecule has 20 heavy (non-hydrogen) atoms. The van der Waals surface area contributed by atoms with Gasteiger partial charge in [-0.05, 0) is 69.6 Å². The van der Waals surface area contributed by atoms with Crippen molar-refractivity contribution in [3.63, 3.8) is 0 Å². The second-order valence-corrected chi connectivity index (χ2v) is 7.32. The molecule has 0 aromatic carbocycles. The molecule has 1 rings (SSSR count). The molecular formula is C7HCl6F3N2O2. The van der Waals surface area contributed by atoms with E-state index in [1.807, 2.05) is 0 Å². The summed E-state index contributed by atoms with van der Waals surface area (Å²) in [4.78, 5) is 6.35. The summed E-state index contributed by atoms with van der Waals surface area (Å²) in [5.41, 5.74) is -1.44. The number of rotatable bonds is 2. The fourth-order valence-corrected chi connectivity index (χ4v) is 1.31. The Balaban J connectivity index is 3.22. The van der Waals surface area contributed by atoms with Gasteiger partial charge in [-0.3, -0.25) is 0 Å². The van der Waals surface area contributed by atoms with Crippen molar-refractivity contribution >= 4 is 69.6 Å². The first-order valence-electron chi connectivity index (χ1n) is 4.24. The first-order chi connectivity index (χ1) is 8.76. The van der Waals surface area contributed by atoms with Gasteiger partial charge in [-0.2, -0.15) is 23.1 Å². The third-order valence-electron chi connectivity index (χ3n) is 1.40. The zero-order chi connectivity index (χ0) is 15.8. The number of hydrogen-bond donors (Lipinski definition) is 0. The van der Waals surface area contributed by atoms with Crippen LogP contribution in [0.25, 0.3) is 0 Å². The Morgan fingerprint density at radius 1 is 0.850 bits per heavy atom. The number of nitrogens with zero attached hydrogens (tertiary/aromatic N) is 2. The lowest BCUT2D eigenvalue weighted by molar-refractivity contribution is -0.141. The average Bonchev–Trinajstić information content (AvgIpc) is 2.09. The van der Waals surface area contributed by atoms with Crippen LogP contribution in [0.2, 0.25) is 0 Å². The fraction of sp³-hybridized carbons (Fsp3) is 0.429. The maximum atomic E-state index is 12.6. The molecule has 0 N–H and O–H groups in total. The van der Waals surface area contributed by atoms with Crippen LogP contribution in [0, 0.1) is 0 Å². The molecule has 0 amide bonds. The van der Waals surface area contributed by atoms with Crippen LogP contribution in [0.1, 0.15) is 5.69 Å². The van der Waals surface area contributed by atoms with E-state index >= 15 is 0 Å². The largest absolute Gasteiger partial charge is 0.433 e. The van der Waals surface area contributed by atoms with Crippen molar-refractivity contribution in [2.24, 2.45) is 0 Å². The van der Waals surface area contributed by atoms with E-state index in [4.69, 9.17) is 69.6 Å². The maximum Gasteiger partial charge on any atom is 0.433 e. The highest BCUT2D eigenvalue weighted by Gasteiger charge is 2.36. The molecule has 114 valence electrons. The van der Waals surface area contributed by atoms with Crippen LogP contribution in [0.4, 0.5) is 13.2 Å². The third-order valence-corrected chi connectivity index (χ3v) is 1.86. The summed E-state index contributed by atoms with van der Waals surface area (Å²) in [6.07, 6.45) is -4.85. The summed E-state index contributed by atoms with van der Waals surface area (Å²) in [5, 5.41) is 0. The van der Waals surface area contributed by atoms with E-state index < -0.39 is 31.7 Å². The van der Waals surface area contributed by atoms with Crippen LogP contribution in [-0.2, 0) is 6.18 Å². The van der Waals surface area contributed by atoms with Gasteiger partial charge < -0.3 is 9.47 Å². The highest BCUT2D eigenvalue weighted by Crippen LogP contribution is 2.36. The lowest BCUT2D eigenvalue weighted by Gasteiger charge is -2.17. The summed E-state index contributed by atoms with van der Waals surface area (Å²) in [7, 11) is 0. The van der Waals surface area contributed by atoms with Crippen LogP contribution in [-0.4, -0.2) is 17.9 Å². The van der Waals surface area contributed by atoms with Crippen LogP contribution >= 0.6 is 69.6 Å². The van der Waals surface area contributed by atoms with Gasteiger partial charge in [0, 0.05) is 6.07 Å². The maximum absolute atomic E-state index is 12.6. The molecule has 0 unspecified atom stereocenters. The Kier molecular flexibility index (Phi) is 5.61. The zero-order valence-corrected chi connectivity index (χ0v) is 13.2. The molecule has 0 saturated carbocycles. The van der Waals surface area contributed by atoms with Gasteiger partial charge in [-0.15, -0.1) is 0 Å². The molecule has 0 fully saturated rings. The fourth-order valence-electron chi connectivity index (χ4n) is 0.869. The molecule has 4 nitrogen and oxygen atoms in total. The zero-order valence-electron chi connectivity index (χ0n) is 8.69. The second-order valence-electron chi connectivity index (χ2n) is 2.97. The number of halogens is 9. The Hall–Kier alpha value is 0.210. The Morgan fingerprint density at radius 3 is 1.75 bits per heavy atom. The molecule has 0 aliphatic carbocycles. The number of hydrogen-bond acceptors (Lipinski definition) is 4. The van der Waals surface area contributed by atoms with E-state index in [0.29, 0.717) is 6.07 Å². The molecule has 0 aliphatic heterocycles. The van der Waals surface area contributed by atoms with Crippen molar-refractivity contribution in [3.8, 4) is 11.9 Å². The third kappa shape index (κ3) is 6.78. The van der Waals surface area contributed by atoms with E-state index in [2.05, 4.69) is 19.4 Å². The number of alkyl halides is 9. The molecule has 1 aromatic heterocycles. The molecule has 0 aliphatic rings. The van der Waals surface area contributed by atoms with E-state index in [0.717, 1.165) is 0 Å². The summed E-state index contributed by atoms with van der Waals surface area (Å²) in [6, 6.07) is -0.545. The van der Waals surface area contributed by atoms with Gasteiger partial charge in [0.15, 0.2) is 5.69 Å². The smallest absolute Gasteiger partial charge is 0.427 e. The normalized spacial score (nSPS) is 13.2. The van der Waals surface area contributed by atoms with Crippen LogP contribution in [0.15, 0.2) is 6.07 Å². The van der Waals surface area contributed by atoms with E-state index in [-0.39, 0.29) is 0 Å². The predicted octanol–water partition coefficient (Wildman–Crippen LogP) is 4.91. The number of ether oxygens (including phenoxy) is 2. The van der Waals surface area contributed by atoms with Crippen molar-refractivity contribution in [3.05, 3.63) is 11.8 Å². The molecule has 0 bridgehead atoms. The van der Waals surface area contributed by atoms with Crippen molar-refractivity contribution in [1.29, 1.82) is 0 Å². The minimum absolute atomic E-state index is 0.382. The van der Waals surface area contributed by atoms with Gasteiger partial charge >= 0.3 is 20.1 Å². The topological polar surface area (TPSA) is 44.2 Å². The Morgan fingerprint density at radius 2 is 1.35 bits per heavy atom. The minimum Gasteiger partial charge on any atom is -0.427 e. The molecular weight excluding hydrogens is 414 g/mol. The molecule has 13 heteroatoms. The van der Waals surface area contributed by atoms with Crippen LogP contribution < -0.4 is 9.47 Å². The predicted molar refractivity (Wildman–Crippen MR) is 68.9 cm³/mol. The summed E-state index contributed by atoms with van der Waals surface area (Å²) in [6.45, 7) is 0. The summed E-state index contributed by atoms with van der Waals surface area (Å²) in [5.74, 6) is -0.739. The molecule has 0 spiro atoms. The lowest BCUT2D eigenvalue weighted by atomic mass is 10.4. The van der Waals surface area contributed by atoms with Crippen molar-refractivity contribution in [2.45, 2.75) is 14.1 Å². The van der Waals surface area contributed by atoms with Gasteiger partial charge in [0.2, 0.25) is 5.88 Å². The monoisotopic (exact) mass is 412 g/mol. The molecule has 0 atom stereocenters. The lowest BCUT2D eigenvalue weighted by Crippen LogP contribution is -2.19. The minimum atomic E-state index is -4.85. The van der Waals surface area contributed by atoms with E-state index in [1.54, 1.807) is 0 Å². The van der Waals surface area contributed by atoms with E-state index in [9.17, 15) is 13.2 Å². The highest BCUT2D eigenvalue weighted by atomic mass is 35.6. The Bertz CT molecular complexity index is 453. The molecule has 1 heterocycles. The van der Waals surface area contributed by atoms with Crippen molar-refractivity contribution in [2.75, 3.05) is 0 Å². The van der Waals surface area contributed by atoms with Gasteiger partial charge in [0.05, 0.1) is 0 Å². The average molecular weight is 415 g/mol. The highest BCUT2D eigenvalue weighted by molar-refractivity contribution is 6.66. The first kappa shape index (κ1) is 18.3. The quantitative estimate of drug-likeness (QED) is 0.645. The number of aromatic nitrogens is 2. The van der Waals surface area contributed by atoms with Gasteiger partial charge in [-0.25, -0.2) is 0 Å². The Labute approximate surface area is 140 Å². The van der Waals surface area contributed by atoms with E-state index in [1.165, 1.54) is 0 Å². The molecule has 1 aromatic rings. The van der Waals surface area contributed by atoms with Gasteiger partial charge in [-0.1, -0.05) is 0 Å². The van der Waals surface area contributed by atoms with Crippen LogP contribution in [0.5, 0.6) is 11.9 Å². The van der Waals surface area contributed by atoms with Crippen molar-refractivity contribution < 1.29 is 22.6 Å². The second kappa shape index (κ2) is 6.14. The SMILES string of the molecule is FC(F)(F)c1cc(OC(Cl)(Cl)Cl)nc(OC(Cl)(Cl)Cl)n1. The van der Waals surface area contributed by atoms with Crippen LogP contribution in [0.3, 0.4) is 0 Å². The summed E-state index contributed by atoms with van der Waals surface area (Å²) >= 11 is 31.5. The summed E-state index contributed by atoms with van der Waals surface area (Å²) < 4.78 is 42.1.